The van der Waals surface area contributed by atoms with E-state index in [1.807, 2.05) is 54.8 Å². The van der Waals surface area contributed by atoms with E-state index in [0.717, 1.165) is 16.3 Å². The lowest BCUT2D eigenvalue weighted by atomic mass is 10.1. The maximum absolute atomic E-state index is 12.9. The number of nitriles is 1. The second kappa shape index (κ2) is 10.8. The molecule has 4 aromatic rings. The Bertz CT molecular complexity index is 1370. The van der Waals surface area contributed by atoms with Crippen LogP contribution in [0.25, 0.3) is 11.3 Å². The third-order valence-electron chi connectivity index (χ3n) is 4.82. The standard InChI is InChI=1S/C26H20N4O2S2/c1-17-28-23(15-33-17)19-9-11-20(12-10-19)30-26(32)22-7-2-3-8-24(22)34-16-25(31)29-21-6-4-5-18(13-21)14-27/h2-13,15H,16H2,1H3,(H,29,31)(H,30,32). The van der Waals surface area contributed by atoms with E-state index in [9.17, 15) is 9.59 Å². The lowest BCUT2D eigenvalue weighted by Crippen LogP contribution is -2.16. The normalized spacial score (nSPS) is 10.4. The molecular weight excluding hydrogens is 464 g/mol. The molecule has 168 valence electrons. The highest BCUT2D eigenvalue weighted by Crippen LogP contribution is 2.26. The van der Waals surface area contributed by atoms with Crippen molar-refractivity contribution in [1.82, 2.24) is 4.98 Å². The summed E-state index contributed by atoms with van der Waals surface area (Å²) in [4.78, 5) is 30.5. The minimum atomic E-state index is -0.248. The zero-order valence-electron chi connectivity index (χ0n) is 18.2. The van der Waals surface area contributed by atoms with Gasteiger partial charge in [-0.25, -0.2) is 4.98 Å². The Balaban J connectivity index is 1.39. The van der Waals surface area contributed by atoms with Gasteiger partial charge in [0.25, 0.3) is 5.91 Å². The molecule has 0 fully saturated rings. The van der Waals surface area contributed by atoms with Crippen LogP contribution in [-0.4, -0.2) is 22.6 Å². The number of carbonyl (C=O) groups excluding carboxylic acids is 2. The van der Waals surface area contributed by atoms with Gasteiger partial charge in [0.05, 0.1) is 33.7 Å². The summed E-state index contributed by atoms with van der Waals surface area (Å²) in [5.41, 5.74) is 4.11. The number of thioether (sulfide) groups is 1. The second-order valence-electron chi connectivity index (χ2n) is 7.31. The molecule has 0 unspecified atom stereocenters. The molecule has 0 aliphatic heterocycles. The monoisotopic (exact) mass is 484 g/mol. The fourth-order valence-corrected chi connectivity index (χ4v) is 4.68. The number of aryl methyl sites for hydroxylation is 1. The highest BCUT2D eigenvalue weighted by Gasteiger charge is 2.14. The van der Waals surface area contributed by atoms with Gasteiger partial charge in [-0.15, -0.1) is 23.1 Å². The van der Waals surface area contributed by atoms with Crippen LogP contribution in [0.2, 0.25) is 0 Å². The Labute approximate surface area is 205 Å². The molecule has 0 saturated heterocycles. The van der Waals surface area contributed by atoms with Crippen molar-refractivity contribution in [3.8, 4) is 17.3 Å². The van der Waals surface area contributed by atoms with Gasteiger partial charge in [-0.1, -0.05) is 30.3 Å². The Hall–Kier alpha value is -3.93. The number of benzene rings is 3. The maximum atomic E-state index is 12.9. The van der Waals surface area contributed by atoms with E-state index in [4.69, 9.17) is 5.26 Å². The minimum absolute atomic E-state index is 0.128. The summed E-state index contributed by atoms with van der Waals surface area (Å²) >= 11 is 2.88. The number of hydrogen-bond acceptors (Lipinski definition) is 6. The van der Waals surface area contributed by atoms with Gasteiger partial charge in [0.15, 0.2) is 0 Å². The Morgan fingerprint density at radius 2 is 1.79 bits per heavy atom. The van der Waals surface area contributed by atoms with Crippen LogP contribution in [-0.2, 0) is 4.79 Å². The molecule has 0 bridgehead atoms. The number of rotatable bonds is 7. The van der Waals surface area contributed by atoms with Crippen molar-refractivity contribution in [2.24, 2.45) is 0 Å². The van der Waals surface area contributed by atoms with Crippen LogP contribution < -0.4 is 10.6 Å². The Kier molecular flexibility index (Phi) is 7.38. The van der Waals surface area contributed by atoms with Crippen molar-refractivity contribution < 1.29 is 9.59 Å². The molecule has 2 amide bonds. The largest absolute Gasteiger partial charge is 0.325 e. The lowest BCUT2D eigenvalue weighted by molar-refractivity contribution is -0.113. The van der Waals surface area contributed by atoms with Crippen LogP contribution in [0.1, 0.15) is 20.9 Å². The van der Waals surface area contributed by atoms with Crippen LogP contribution in [0.3, 0.4) is 0 Å². The van der Waals surface area contributed by atoms with Crippen LogP contribution in [0.4, 0.5) is 11.4 Å². The molecule has 6 nitrogen and oxygen atoms in total. The molecule has 0 atom stereocenters. The molecule has 34 heavy (non-hydrogen) atoms. The van der Waals surface area contributed by atoms with Gasteiger partial charge in [-0.3, -0.25) is 9.59 Å². The van der Waals surface area contributed by atoms with E-state index in [2.05, 4.69) is 15.6 Å². The van der Waals surface area contributed by atoms with Crippen LogP contribution in [0, 0.1) is 18.3 Å². The van der Waals surface area contributed by atoms with Gasteiger partial charge in [-0.2, -0.15) is 5.26 Å². The van der Waals surface area contributed by atoms with Crippen molar-refractivity contribution in [3.63, 3.8) is 0 Å². The summed E-state index contributed by atoms with van der Waals surface area (Å²) in [6.45, 7) is 1.97. The van der Waals surface area contributed by atoms with E-state index in [-0.39, 0.29) is 17.6 Å². The summed E-state index contributed by atoms with van der Waals surface area (Å²) in [6.07, 6.45) is 0. The lowest BCUT2D eigenvalue weighted by Gasteiger charge is -2.11. The Morgan fingerprint density at radius 3 is 2.53 bits per heavy atom. The van der Waals surface area contributed by atoms with Crippen LogP contribution in [0.15, 0.2) is 83.1 Å². The van der Waals surface area contributed by atoms with E-state index in [1.165, 1.54) is 11.8 Å². The first-order valence-electron chi connectivity index (χ1n) is 10.4. The van der Waals surface area contributed by atoms with Crippen LogP contribution >= 0.6 is 23.1 Å². The highest BCUT2D eigenvalue weighted by molar-refractivity contribution is 8.00. The number of anilines is 2. The molecule has 1 heterocycles. The summed E-state index contributed by atoms with van der Waals surface area (Å²) in [5.74, 6) is -0.339. The predicted molar refractivity (Wildman–Crippen MR) is 137 cm³/mol. The van der Waals surface area contributed by atoms with Crippen molar-refractivity contribution in [2.75, 3.05) is 16.4 Å². The predicted octanol–water partition coefficient (Wildman–Crippen LogP) is 5.97. The first-order valence-corrected chi connectivity index (χ1v) is 12.2. The first-order chi connectivity index (χ1) is 16.5. The summed E-state index contributed by atoms with van der Waals surface area (Å²) in [7, 11) is 0. The minimum Gasteiger partial charge on any atom is -0.325 e. The van der Waals surface area contributed by atoms with Crippen molar-refractivity contribution in [3.05, 3.63) is 94.3 Å². The highest BCUT2D eigenvalue weighted by atomic mass is 32.2. The molecule has 2 N–H and O–H groups in total. The Morgan fingerprint density at radius 1 is 1.00 bits per heavy atom. The van der Waals surface area contributed by atoms with E-state index in [0.29, 0.717) is 27.4 Å². The van der Waals surface area contributed by atoms with Crippen molar-refractivity contribution in [2.45, 2.75) is 11.8 Å². The number of nitrogens with zero attached hydrogens (tertiary/aromatic N) is 2. The molecule has 8 heteroatoms. The van der Waals surface area contributed by atoms with Gasteiger partial charge in [0, 0.05) is 27.2 Å². The SMILES string of the molecule is Cc1nc(-c2ccc(NC(=O)c3ccccc3SCC(=O)Nc3cccc(C#N)c3)cc2)cs1. The summed E-state index contributed by atoms with van der Waals surface area (Å²) in [6, 6.07) is 23.5. The third kappa shape index (κ3) is 5.90. The molecule has 0 spiro atoms. The summed E-state index contributed by atoms with van der Waals surface area (Å²) < 4.78 is 0. The van der Waals surface area contributed by atoms with E-state index >= 15 is 0 Å². The van der Waals surface area contributed by atoms with Crippen molar-refractivity contribution >= 4 is 46.3 Å². The maximum Gasteiger partial charge on any atom is 0.256 e. The quantitative estimate of drug-likeness (QED) is 0.315. The molecular formula is C26H20N4O2S2. The topological polar surface area (TPSA) is 94.9 Å². The summed E-state index contributed by atoms with van der Waals surface area (Å²) in [5, 5.41) is 17.7. The van der Waals surface area contributed by atoms with Gasteiger partial charge in [0.1, 0.15) is 0 Å². The van der Waals surface area contributed by atoms with Gasteiger partial charge < -0.3 is 10.6 Å². The number of carbonyl (C=O) groups is 2. The van der Waals surface area contributed by atoms with Crippen LogP contribution in [0.5, 0.6) is 0 Å². The smallest absolute Gasteiger partial charge is 0.256 e. The van der Waals surface area contributed by atoms with Crippen molar-refractivity contribution in [1.29, 1.82) is 5.26 Å². The number of aromatic nitrogens is 1. The zero-order chi connectivity index (χ0) is 23.9. The van der Waals surface area contributed by atoms with Gasteiger partial charge in [0.2, 0.25) is 5.91 Å². The second-order valence-corrected chi connectivity index (χ2v) is 9.39. The molecule has 4 rings (SSSR count). The average molecular weight is 485 g/mol. The molecule has 3 aromatic carbocycles. The number of nitrogens with one attached hydrogen (secondary N) is 2. The third-order valence-corrected chi connectivity index (χ3v) is 6.67. The van der Waals surface area contributed by atoms with Gasteiger partial charge in [-0.05, 0) is 49.4 Å². The zero-order valence-corrected chi connectivity index (χ0v) is 19.9. The number of amides is 2. The molecule has 0 aliphatic carbocycles. The van der Waals surface area contributed by atoms with E-state index in [1.54, 1.807) is 47.7 Å². The number of hydrogen-bond donors (Lipinski definition) is 2. The first kappa shape index (κ1) is 23.2. The fraction of sp³-hybridized carbons (Fsp3) is 0.0769. The molecule has 0 radical (unpaired) electrons. The molecule has 0 saturated carbocycles. The number of thiazole rings is 1. The average Bonchev–Trinajstić information content (AvgIpc) is 3.29. The van der Waals surface area contributed by atoms with E-state index < -0.39 is 0 Å². The van der Waals surface area contributed by atoms with Gasteiger partial charge >= 0.3 is 0 Å². The fourth-order valence-electron chi connectivity index (χ4n) is 3.21. The molecule has 0 aliphatic rings. The molecule has 1 aromatic heterocycles.